The number of aromatic carboxylic acids is 1. The smallest absolute Gasteiger partial charge is 0.336 e. The predicted molar refractivity (Wildman–Crippen MR) is 73.0 cm³/mol. The van der Waals surface area contributed by atoms with Gasteiger partial charge in [0, 0.05) is 11.4 Å². The normalized spacial score (nSPS) is 24.3. The third-order valence-electron chi connectivity index (χ3n) is 3.42. The van der Waals surface area contributed by atoms with E-state index in [0.717, 1.165) is 37.0 Å². The molecule has 0 spiro atoms. The maximum atomic E-state index is 12.1. The summed E-state index contributed by atoms with van der Waals surface area (Å²) in [6.07, 6.45) is 3.74. The van der Waals surface area contributed by atoms with Crippen LogP contribution in [0.4, 0.5) is 0 Å². The second kappa shape index (κ2) is 5.60. The number of thiophene rings is 1. The van der Waals surface area contributed by atoms with E-state index in [1.54, 1.807) is 0 Å². The number of hydrogen-bond acceptors (Lipinski definition) is 4. The van der Waals surface area contributed by atoms with E-state index in [1.807, 2.05) is 0 Å². The van der Waals surface area contributed by atoms with Gasteiger partial charge in [-0.3, -0.25) is 0 Å². The summed E-state index contributed by atoms with van der Waals surface area (Å²) < 4.78 is 27.0. The summed E-state index contributed by atoms with van der Waals surface area (Å²) in [4.78, 5) is 10.8. The minimum absolute atomic E-state index is 0.0163. The van der Waals surface area contributed by atoms with Crippen LogP contribution in [0.5, 0.6) is 0 Å². The lowest BCUT2D eigenvalue weighted by molar-refractivity contribution is 0.0697. The number of carboxylic acids is 1. The lowest BCUT2D eigenvalue weighted by Gasteiger charge is -2.26. The molecule has 5 nitrogen and oxygen atoms in total. The molecule has 1 fully saturated rings. The average Bonchev–Trinajstić information content (AvgIpc) is 2.82. The number of hydrogen-bond donors (Lipinski definition) is 2. The van der Waals surface area contributed by atoms with Gasteiger partial charge in [-0.15, -0.1) is 11.3 Å². The van der Waals surface area contributed by atoms with Gasteiger partial charge in [0.1, 0.15) is 4.21 Å². The Morgan fingerprint density at radius 1 is 1.37 bits per heavy atom. The highest BCUT2D eigenvalue weighted by Crippen LogP contribution is 2.26. The summed E-state index contributed by atoms with van der Waals surface area (Å²) in [5.74, 6) is -0.453. The fourth-order valence-corrected chi connectivity index (χ4v) is 4.70. The minimum Gasteiger partial charge on any atom is -0.478 e. The molecule has 0 aliphatic heterocycles. The van der Waals surface area contributed by atoms with Crippen LogP contribution in [0, 0.1) is 5.92 Å². The van der Waals surface area contributed by atoms with Gasteiger partial charge >= 0.3 is 5.97 Å². The third-order valence-corrected chi connectivity index (χ3v) is 6.38. The molecule has 1 aliphatic carbocycles. The highest BCUT2D eigenvalue weighted by Gasteiger charge is 2.25. The molecule has 1 aromatic heterocycles. The van der Waals surface area contributed by atoms with Gasteiger partial charge in [0.05, 0.1) is 5.56 Å². The Labute approximate surface area is 116 Å². The molecule has 0 radical (unpaired) electrons. The molecule has 1 heterocycles. The maximum absolute atomic E-state index is 12.1. The first-order chi connectivity index (χ1) is 8.88. The zero-order chi connectivity index (χ0) is 14.0. The molecule has 2 N–H and O–H groups in total. The summed E-state index contributed by atoms with van der Waals surface area (Å²) >= 11 is 0.943. The highest BCUT2D eigenvalue weighted by molar-refractivity contribution is 7.91. The van der Waals surface area contributed by atoms with Crippen LogP contribution in [0.2, 0.25) is 0 Å². The molecule has 7 heteroatoms. The number of nitrogens with one attached hydrogen (secondary N) is 1. The zero-order valence-electron chi connectivity index (χ0n) is 10.6. The molecular formula is C12H17NO4S2. The number of carboxylic acid groups (broad SMARTS) is 1. The van der Waals surface area contributed by atoms with E-state index in [-0.39, 0.29) is 15.8 Å². The Balaban J connectivity index is 2.07. The van der Waals surface area contributed by atoms with Crippen LogP contribution in [0.3, 0.4) is 0 Å². The monoisotopic (exact) mass is 303 g/mol. The van der Waals surface area contributed by atoms with Gasteiger partial charge in [-0.05, 0) is 37.7 Å². The van der Waals surface area contributed by atoms with Gasteiger partial charge in [-0.1, -0.05) is 6.92 Å². The largest absolute Gasteiger partial charge is 0.478 e. The van der Waals surface area contributed by atoms with Crippen molar-refractivity contribution < 1.29 is 18.3 Å². The molecule has 1 aliphatic rings. The van der Waals surface area contributed by atoms with Crippen molar-refractivity contribution in [2.24, 2.45) is 5.92 Å². The van der Waals surface area contributed by atoms with E-state index < -0.39 is 16.0 Å². The molecule has 0 aromatic carbocycles. The summed E-state index contributed by atoms with van der Waals surface area (Å²) in [6.45, 7) is 2.17. The fraction of sp³-hybridized carbons (Fsp3) is 0.583. The summed E-state index contributed by atoms with van der Waals surface area (Å²) in [5.41, 5.74) is 0.0163. The molecule has 0 unspecified atom stereocenters. The van der Waals surface area contributed by atoms with Crippen molar-refractivity contribution in [1.29, 1.82) is 0 Å². The van der Waals surface area contributed by atoms with Gasteiger partial charge in [0.15, 0.2) is 0 Å². The second-order valence-corrected chi connectivity index (χ2v) is 7.89. The Morgan fingerprint density at radius 2 is 2.00 bits per heavy atom. The van der Waals surface area contributed by atoms with E-state index in [1.165, 1.54) is 11.4 Å². The molecule has 19 heavy (non-hydrogen) atoms. The van der Waals surface area contributed by atoms with Crippen molar-refractivity contribution in [1.82, 2.24) is 4.72 Å². The zero-order valence-corrected chi connectivity index (χ0v) is 12.3. The molecule has 106 valence electrons. The second-order valence-electron chi connectivity index (χ2n) is 5.04. The van der Waals surface area contributed by atoms with Crippen molar-refractivity contribution in [3.05, 3.63) is 17.0 Å². The van der Waals surface area contributed by atoms with Gasteiger partial charge in [-0.2, -0.15) is 0 Å². The van der Waals surface area contributed by atoms with Crippen LogP contribution < -0.4 is 4.72 Å². The first-order valence-corrected chi connectivity index (χ1v) is 8.59. The SMILES string of the molecule is CC1CCC(NS(=O)(=O)c2cc(C(=O)O)cs2)CC1. The summed E-state index contributed by atoms with van der Waals surface area (Å²) in [5, 5.41) is 10.2. The summed E-state index contributed by atoms with van der Waals surface area (Å²) in [7, 11) is -3.58. The number of carbonyl (C=O) groups is 1. The Hall–Kier alpha value is -0.920. The summed E-state index contributed by atoms with van der Waals surface area (Å²) in [6, 6.07) is 1.18. The lowest BCUT2D eigenvalue weighted by atomic mass is 9.88. The first-order valence-electron chi connectivity index (χ1n) is 6.22. The lowest BCUT2D eigenvalue weighted by Crippen LogP contribution is -2.37. The molecule has 2 rings (SSSR count). The van der Waals surface area contributed by atoms with Gasteiger partial charge in [-0.25, -0.2) is 17.9 Å². The molecule has 1 aromatic rings. The average molecular weight is 303 g/mol. The molecular weight excluding hydrogens is 286 g/mol. The standard InChI is InChI=1S/C12H17NO4S2/c1-8-2-4-10(5-3-8)13-19(16,17)11-6-9(7-18-11)12(14)15/h6-8,10,13H,2-5H2,1H3,(H,14,15). The van der Waals surface area contributed by atoms with Crippen molar-refractivity contribution in [3.8, 4) is 0 Å². The van der Waals surface area contributed by atoms with Crippen LogP contribution >= 0.6 is 11.3 Å². The van der Waals surface area contributed by atoms with E-state index in [2.05, 4.69) is 11.6 Å². The van der Waals surface area contributed by atoms with E-state index in [4.69, 9.17) is 5.11 Å². The van der Waals surface area contributed by atoms with Crippen LogP contribution in [-0.4, -0.2) is 25.5 Å². The van der Waals surface area contributed by atoms with Crippen LogP contribution in [0.25, 0.3) is 0 Å². The third kappa shape index (κ3) is 3.55. The fourth-order valence-electron chi connectivity index (χ4n) is 2.23. The predicted octanol–water partition coefficient (Wildman–Crippen LogP) is 2.30. The number of sulfonamides is 1. The van der Waals surface area contributed by atoms with Crippen molar-refractivity contribution in [3.63, 3.8) is 0 Å². The molecule has 1 saturated carbocycles. The maximum Gasteiger partial charge on any atom is 0.336 e. The van der Waals surface area contributed by atoms with Crippen LogP contribution in [-0.2, 0) is 10.0 Å². The minimum atomic E-state index is -3.58. The van der Waals surface area contributed by atoms with Crippen molar-refractivity contribution in [2.75, 3.05) is 0 Å². The van der Waals surface area contributed by atoms with Crippen molar-refractivity contribution >= 4 is 27.3 Å². The Bertz CT molecular complexity index is 556. The van der Waals surface area contributed by atoms with E-state index >= 15 is 0 Å². The quantitative estimate of drug-likeness (QED) is 0.894. The van der Waals surface area contributed by atoms with E-state index in [9.17, 15) is 13.2 Å². The van der Waals surface area contributed by atoms with Crippen LogP contribution in [0.1, 0.15) is 43.0 Å². The number of rotatable bonds is 4. The molecule has 0 bridgehead atoms. The highest BCUT2D eigenvalue weighted by atomic mass is 32.2. The topological polar surface area (TPSA) is 83.5 Å². The van der Waals surface area contributed by atoms with Gasteiger partial charge < -0.3 is 5.11 Å². The van der Waals surface area contributed by atoms with Crippen molar-refractivity contribution in [2.45, 2.75) is 42.9 Å². The first kappa shape index (κ1) is 14.5. The van der Waals surface area contributed by atoms with Crippen LogP contribution in [0.15, 0.2) is 15.7 Å². The molecule has 0 atom stereocenters. The Kier molecular flexibility index (Phi) is 4.27. The van der Waals surface area contributed by atoms with E-state index in [0.29, 0.717) is 5.92 Å². The molecule has 0 saturated heterocycles. The van der Waals surface area contributed by atoms with Gasteiger partial charge in [0.2, 0.25) is 10.0 Å². The molecule has 0 amide bonds. The van der Waals surface area contributed by atoms with Gasteiger partial charge in [0.25, 0.3) is 0 Å². The Morgan fingerprint density at radius 3 is 2.53 bits per heavy atom.